The Morgan fingerprint density at radius 2 is 1.65 bits per heavy atom. The first-order valence-corrected chi connectivity index (χ1v) is 13.3. The average molecular weight is 511 g/mol. The first-order valence-electron chi connectivity index (χ1n) is 13.3. The van der Waals surface area contributed by atoms with Gasteiger partial charge in [-0.05, 0) is 57.6 Å². The number of nitrogens with zero attached hydrogens (tertiary/aromatic N) is 2. The Morgan fingerprint density at radius 1 is 1.00 bits per heavy atom. The Bertz CT molecular complexity index is 955. The number of hydrogen-bond donors (Lipinski definition) is 0. The predicted molar refractivity (Wildman–Crippen MR) is 144 cm³/mol. The van der Waals surface area contributed by atoms with E-state index in [4.69, 9.17) is 14.2 Å². The molecule has 0 radical (unpaired) electrons. The van der Waals surface area contributed by atoms with Gasteiger partial charge in [-0.3, -0.25) is 9.69 Å². The fourth-order valence-electron chi connectivity index (χ4n) is 4.34. The quantitative estimate of drug-likeness (QED) is 0.377. The van der Waals surface area contributed by atoms with E-state index in [1.54, 1.807) is 16.8 Å². The highest BCUT2D eigenvalue weighted by Gasteiger charge is 2.34. The molecule has 0 saturated carbocycles. The number of likely N-dealkylation sites (N-methyl/N-ethyl adjacent to an activating group) is 1. The maximum Gasteiger partial charge on any atom is 0.410 e. The van der Waals surface area contributed by atoms with Gasteiger partial charge in [0.05, 0.1) is 6.61 Å². The van der Waals surface area contributed by atoms with Gasteiger partial charge in [-0.1, -0.05) is 60.7 Å². The minimum Gasteiger partial charge on any atom is -0.444 e. The van der Waals surface area contributed by atoms with Crippen LogP contribution in [0.1, 0.15) is 57.6 Å². The molecule has 2 atom stereocenters. The lowest BCUT2D eigenvalue weighted by Gasteiger charge is -2.35. The fourth-order valence-corrected chi connectivity index (χ4v) is 4.34. The Kier molecular flexibility index (Phi) is 11.0. The zero-order chi connectivity index (χ0) is 26.7. The highest BCUT2D eigenvalue weighted by molar-refractivity contribution is 5.86. The summed E-state index contributed by atoms with van der Waals surface area (Å²) in [7, 11) is 1.78. The van der Waals surface area contributed by atoms with E-state index in [2.05, 4.69) is 0 Å². The lowest BCUT2D eigenvalue weighted by atomic mass is 10.0. The molecule has 1 heterocycles. The van der Waals surface area contributed by atoms with E-state index >= 15 is 0 Å². The molecule has 0 aromatic heterocycles. The molecule has 0 spiro atoms. The molecular formula is C30H42N2O5. The third-order valence-corrected chi connectivity index (χ3v) is 6.18. The van der Waals surface area contributed by atoms with Crippen LogP contribution in [0.25, 0.3) is 0 Å². The van der Waals surface area contributed by atoms with E-state index in [0.29, 0.717) is 32.5 Å². The molecule has 7 nitrogen and oxygen atoms in total. The molecule has 202 valence electrons. The standard InChI is InChI=1S/C30H42N2O5/c1-30(2,3)37-29(34)32(19-13-21-36-27-18-11-12-20-35-27)26(22-24-14-7-5-8-15-24)28(33)31(4)23-25-16-9-6-10-17-25/h5-10,14-17,26-27H,11-13,18-23H2,1-4H3/t26?,27-/m0/s1. The Labute approximate surface area is 221 Å². The number of rotatable bonds is 11. The molecule has 1 unspecified atom stereocenters. The summed E-state index contributed by atoms with van der Waals surface area (Å²) in [4.78, 5) is 30.6. The molecule has 2 aromatic rings. The van der Waals surface area contributed by atoms with Crippen LogP contribution in [-0.2, 0) is 32.0 Å². The van der Waals surface area contributed by atoms with Crippen molar-refractivity contribution in [2.75, 3.05) is 26.8 Å². The summed E-state index contributed by atoms with van der Waals surface area (Å²) in [6, 6.07) is 18.9. The van der Waals surface area contributed by atoms with Crippen LogP contribution in [0, 0.1) is 0 Å². The summed E-state index contributed by atoms with van der Waals surface area (Å²) in [5.41, 5.74) is 1.33. The van der Waals surface area contributed by atoms with Gasteiger partial charge in [0, 0.05) is 33.2 Å². The van der Waals surface area contributed by atoms with Crippen molar-refractivity contribution in [3.8, 4) is 0 Å². The van der Waals surface area contributed by atoms with Crippen LogP contribution in [0.15, 0.2) is 60.7 Å². The maximum absolute atomic E-state index is 13.9. The molecule has 1 aliphatic rings. The molecule has 0 N–H and O–H groups in total. The van der Waals surface area contributed by atoms with Crippen LogP contribution in [0.2, 0.25) is 0 Å². The third kappa shape index (κ3) is 9.82. The number of carbonyl (C=O) groups is 2. The highest BCUT2D eigenvalue weighted by atomic mass is 16.7. The molecule has 1 saturated heterocycles. The Morgan fingerprint density at radius 3 is 2.24 bits per heavy atom. The van der Waals surface area contributed by atoms with Crippen molar-refractivity contribution in [3.63, 3.8) is 0 Å². The normalized spacial score (nSPS) is 16.6. The number of amides is 2. The second-order valence-electron chi connectivity index (χ2n) is 10.6. The van der Waals surface area contributed by atoms with Gasteiger partial charge in [0.2, 0.25) is 5.91 Å². The topological polar surface area (TPSA) is 68.3 Å². The van der Waals surface area contributed by atoms with Gasteiger partial charge < -0.3 is 19.1 Å². The lowest BCUT2D eigenvalue weighted by molar-refractivity contribution is -0.163. The molecule has 1 aliphatic heterocycles. The average Bonchev–Trinajstić information content (AvgIpc) is 2.88. The molecular weight excluding hydrogens is 468 g/mol. The van der Waals surface area contributed by atoms with Crippen molar-refractivity contribution in [2.24, 2.45) is 0 Å². The summed E-state index contributed by atoms with van der Waals surface area (Å²) < 4.78 is 17.3. The van der Waals surface area contributed by atoms with Crippen LogP contribution in [0.5, 0.6) is 0 Å². The Hall–Kier alpha value is -2.90. The zero-order valence-electron chi connectivity index (χ0n) is 22.7. The van der Waals surface area contributed by atoms with Crippen molar-refractivity contribution in [1.29, 1.82) is 0 Å². The second kappa shape index (κ2) is 14.1. The molecule has 0 aliphatic carbocycles. The second-order valence-corrected chi connectivity index (χ2v) is 10.6. The van der Waals surface area contributed by atoms with E-state index in [1.165, 1.54) is 0 Å². The summed E-state index contributed by atoms with van der Waals surface area (Å²) in [5, 5.41) is 0. The molecule has 7 heteroatoms. The van der Waals surface area contributed by atoms with Crippen LogP contribution in [-0.4, -0.2) is 66.5 Å². The van der Waals surface area contributed by atoms with E-state index in [1.807, 2.05) is 81.4 Å². The third-order valence-electron chi connectivity index (χ3n) is 6.18. The van der Waals surface area contributed by atoms with E-state index < -0.39 is 17.7 Å². The van der Waals surface area contributed by atoms with E-state index in [0.717, 1.165) is 37.0 Å². The lowest BCUT2D eigenvalue weighted by Crippen LogP contribution is -2.52. The Balaban J connectivity index is 1.79. The van der Waals surface area contributed by atoms with Gasteiger partial charge in [-0.25, -0.2) is 4.79 Å². The smallest absolute Gasteiger partial charge is 0.410 e. The number of benzene rings is 2. The van der Waals surface area contributed by atoms with E-state index in [9.17, 15) is 9.59 Å². The SMILES string of the molecule is CN(Cc1ccccc1)C(=O)C(Cc1ccccc1)N(CCCO[C@H]1CCCCO1)C(=O)OC(C)(C)C. The minimum absolute atomic E-state index is 0.130. The van der Waals surface area contributed by atoms with Gasteiger partial charge in [0.25, 0.3) is 0 Å². The summed E-state index contributed by atoms with van der Waals surface area (Å²) in [5.74, 6) is -0.130. The number of carbonyl (C=O) groups excluding carboxylic acids is 2. The van der Waals surface area contributed by atoms with Crippen LogP contribution < -0.4 is 0 Å². The van der Waals surface area contributed by atoms with Crippen LogP contribution in [0.3, 0.4) is 0 Å². The summed E-state index contributed by atoms with van der Waals surface area (Å²) >= 11 is 0. The van der Waals surface area contributed by atoms with Crippen LogP contribution >= 0.6 is 0 Å². The molecule has 3 rings (SSSR count). The van der Waals surface area contributed by atoms with Gasteiger partial charge >= 0.3 is 6.09 Å². The molecule has 0 bridgehead atoms. The van der Waals surface area contributed by atoms with Gasteiger partial charge in [-0.2, -0.15) is 0 Å². The highest BCUT2D eigenvalue weighted by Crippen LogP contribution is 2.19. The van der Waals surface area contributed by atoms with Gasteiger partial charge in [0.15, 0.2) is 6.29 Å². The molecule has 1 fully saturated rings. The monoisotopic (exact) mass is 510 g/mol. The molecule has 2 aromatic carbocycles. The van der Waals surface area contributed by atoms with E-state index in [-0.39, 0.29) is 12.2 Å². The molecule has 2 amide bonds. The first-order chi connectivity index (χ1) is 17.7. The van der Waals surface area contributed by atoms with Crippen molar-refractivity contribution in [3.05, 3.63) is 71.8 Å². The largest absolute Gasteiger partial charge is 0.444 e. The minimum atomic E-state index is -0.711. The fraction of sp³-hybridized carbons (Fsp3) is 0.533. The van der Waals surface area contributed by atoms with Crippen molar-refractivity contribution < 1.29 is 23.8 Å². The number of hydrogen-bond acceptors (Lipinski definition) is 5. The van der Waals surface area contributed by atoms with Gasteiger partial charge in [0.1, 0.15) is 11.6 Å². The number of ether oxygens (including phenoxy) is 3. The summed E-state index contributed by atoms with van der Waals surface area (Å²) in [6.45, 7) is 7.46. The van der Waals surface area contributed by atoms with Crippen molar-refractivity contribution in [2.45, 2.75) is 77.4 Å². The predicted octanol–water partition coefficient (Wildman–Crippen LogP) is 5.43. The van der Waals surface area contributed by atoms with Crippen molar-refractivity contribution in [1.82, 2.24) is 9.80 Å². The van der Waals surface area contributed by atoms with Gasteiger partial charge in [-0.15, -0.1) is 0 Å². The maximum atomic E-state index is 13.9. The summed E-state index contributed by atoms with van der Waals surface area (Å²) in [6.07, 6.45) is 3.31. The first kappa shape index (κ1) is 28.7. The zero-order valence-corrected chi connectivity index (χ0v) is 22.7. The van der Waals surface area contributed by atoms with Crippen molar-refractivity contribution >= 4 is 12.0 Å². The molecule has 37 heavy (non-hydrogen) atoms. The van der Waals surface area contributed by atoms with Crippen LogP contribution in [0.4, 0.5) is 4.79 Å².